The van der Waals surface area contributed by atoms with Crippen LogP contribution in [0, 0.1) is 0 Å². The highest BCUT2D eigenvalue weighted by molar-refractivity contribution is 5.97. The molecule has 3 nitrogen and oxygen atoms in total. The fraction of sp³-hybridized carbons (Fsp3) is 0.462. The van der Waals surface area contributed by atoms with E-state index in [1.54, 1.807) is 14.0 Å². The summed E-state index contributed by atoms with van der Waals surface area (Å²) in [5.74, 6) is 1.91. The molecule has 0 bridgehead atoms. The van der Waals surface area contributed by atoms with Crippen molar-refractivity contribution in [3.8, 4) is 11.5 Å². The first-order valence-electron chi connectivity index (χ1n) is 5.49. The standard InChI is InChI=1S/C13H16O3/c1-8-4-5-16-13-7-12(15-3)11(9(2)14)6-10(8)13/h6-8H,4-5H2,1-3H3. The average molecular weight is 220 g/mol. The summed E-state index contributed by atoms with van der Waals surface area (Å²) in [4.78, 5) is 11.5. The van der Waals surface area contributed by atoms with Crippen LogP contribution in [0.2, 0.25) is 0 Å². The molecule has 0 fully saturated rings. The monoisotopic (exact) mass is 220 g/mol. The number of carbonyl (C=O) groups excluding carboxylic acids is 1. The van der Waals surface area contributed by atoms with Crippen molar-refractivity contribution in [1.82, 2.24) is 0 Å². The van der Waals surface area contributed by atoms with Gasteiger partial charge in [0.25, 0.3) is 0 Å². The molecule has 0 aliphatic carbocycles. The highest BCUT2D eigenvalue weighted by Gasteiger charge is 2.21. The van der Waals surface area contributed by atoms with E-state index in [-0.39, 0.29) is 5.78 Å². The summed E-state index contributed by atoms with van der Waals surface area (Å²) in [5, 5.41) is 0. The van der Waals surface area contributed by atoms with E-state index < -0.39 is 0 Å². The van der Waals surface area contributed by atoms with Gasteiger partial charge in [-0.2, -0.15) is 0 Å². The Morgan fingerprint density at radius 3 is 2.88 bits per heavy atom. The first kappa shape index (κ1) is 11.0. The lowest BCUT2D eigenvalue weighted by Crippen LogP contribution is -2.13. The Bertz CT molecular complexity index is 423. The zero-order chi connectivity index (χ0) is 11.7. The fourth-order valence-corrected chi connectivity index (χ4v) is 2.03. The van der Waals surface area contributed by atoms with Crippen molar-refractivity contribution >= 4 is 5.78 Å². The predicted molar refractivity (Wildman–Crippen MR) is 61.5 cm³/mol. The quantitative estimate of drug-likeness (QED) is 0.719. The van der Waals surface area contributed by atoms with Crippen LogP contribution in [0.1, 0.15) is 42.1 Å². The van der Waals surface area contributed by atoms with E-state index in [1.165, 1.54) is 0 Å². The number of hydrogen-bond donors (Lipinski definition) is 0. The SMILES string of the molecule is COc1cc2c(cc1C(C)=O)C(C)CCO2. The van der Waals surface area contributed by atoms with Crippen LogP contribution in [0.15, 0.2) is 12.1 Å². The van der Waals surface area contributed by atoms with Gasteiger partial charge in [-0.15, -0.1) is 0 Å². The largest absolute Gasteiger partial charge is 0.496 e. The number of ketones is 1. The molecule has 16 heavy (non-hydrogen) atoms. The van der Waals surface area contributed by atoms with Crippen LogP contribution in [0.25, 0.3) is 0 Å². The molecule has 1 unspecified atom stereocenters. The first-order valence-corrected chi connectivity index (χ1v) is 5.49. The molecule has 3 heteroatoms. The number of benzene rings is 1. The van der Waals surface area contributed by atoms with Gasteiger partial charge in [-0.25, -0.2) is 0 Å². The van der Waals surface area contributed by atoms with Crippen LogP contribution < -0.4 is 9.47 Å². The van der Waals surface area contributed by atoms with E-state index in [0.29, 0.717) is 17.2 Å². The van der Waals surface area contributed by atoms with Crippen molar-refractivity contribution < 1.29 is 14.3 Å². The molecule has 0 amide bonds. The smallest absolute Gasteiger partial charge is 0.163 e. The first-order chi connectivity index (χ1) is 7.63. The molecule has 1 aliphatic heterocycles. The molecular weight excluding hydrogens is 204 g/mol. The third-order valence-corrected chi connectivity index (χ3v) is 3.05. The lowest BCUT2D eigenvalue weighted by atomic mass is 9.92. The molecule has 86 valence electrons. The van der Waals surface area contributed by atoms with E-state index in [1.807, 2.05) is 12.1 Å². The van der Waals surface area contributed by atoms with Gasteiger partial charge in [0.05, 0.1) is 19.3 Å². The zero-order valence-electron chi connectivity index (χ0n) is 9.87. The van der Waals surface area contributed by atoms with E-state index in [2.05, 4.69) is 6.92 Å². The van der Waals surface area contributed by atoms with Crippen LogP contribution in [0.5, 0.6) is 11.5 Å². The summed E-state index contributed by atoms with van der Waals surface area (Å²) in [6.07, 6.45) is 0.997. The molecule has 0 N–H and O–H groups in total. The maximum Gasteiger partial charge on any atom is 0.163 e. The number of rotatable bonds is 2. The third kappa shape index (κ3) is 1.77. The molecule has 1 aromatic carbocycles. The molecule has 1 heterocycles. The van der Waals surface area contributed by atoms with Crippen LogP contribution in [0.3, 0.4) is 0 Å². The van der Waals surface area contributed by atoms with Crippen molar-refractivity contribution in [1.29, 1.82) is 0 Å². The number of carbonyl (C=O) groups is 1. The van der Waals surface area contributed by atoms with Crippen LogP contribution in [-0.4, -0.2) is 19.5 Å². The number of methoxy groups -OCH3 is 1. The Kier molecular flexibility index (Phi) is 2.86. The summed E-state index contributed by atoms with van der Waals surface area (Å²) < 4.78 is 10.8. The summed E-state index contributed by atoms with van der Waals surface area (Å²) in [6, 6.07) is 3.72. The molecule has 0 spiro atoms. The Labute approximate surface area is 95.4 Å². The van der Waals surface area contributed by atoms with Gasteiger partial charge in [-0.1, -0.05) is 6.92 Å². The number of ether oxygens (including phenoxy) is 2. The minimum atomic E-state index is 0.0254. The molecule has 0 aromatic heterocycles. The lowest BCUT2D eigenvalue weighted by Gasteiger charge is -2.24. The predicted octanol–water partition coefficient (Wildman–Crippen LogP) is 2.78. The van der Waals surface area contributed by atoms with Crippen LogP contribution >= 0.6 is 0 Å². The van der Waals surface area contributed by atoms with Gasteiger partial charge in [0.2, 0.25) is 0 Å². The Hall–Kier alpha value is -1.51. The Balaban J connectivity index is 2.55. The fourth-order valence-electron chi connectivity index (χ4n) is 2.03. The van der Waals surface area contributed by atoms with E-state index in [9.17, 15) is 4.79 Å². The van der Waals surface area contributed by atoms with Crippen molar-refractivity contribution in [3.63, 3.8) is 0 Å². The van der Waals surface area contributed by atoms with Gasteiger partial charge < -0.3 is 9.47 Å². The molecule has 2 rings (SSSR count). The molecule has 1 aliphatic rings. The summed E-state index contributed by atoms with van der Waals surface area (Å²) in [6.45, 7) is 4.44. The van der Waals surface area contributed by atoms with Crippen molar-refractivity contribution in [2.75, 3.05) is 13.7 Å². The maximum absolute atomic E-state index is 11.5. The van der Waals surface area contributed by atoms with Gasteiger partial charge in [0, 0.05) is 6.07 Å². The number of hydrogen-bond acceptors (Lipinski definition) is 3. The van der Waals surface area contributed by atoms with E-state index in [0.717, 1.165) is 24.3 Å². The molecule has 0 saturated carbocycles. The van der Waals surface area contributed by atoms with Crippen LogP contribution in [-0.2, 0) is 0 Å². The van der Waals surface area contributed by atoms with E-state index in [4.69, 9.17) is 9.47 Å². The van der Waals surface area contributed by atoms with Gasteiger partial charge in [-0.05, 0) is 30.9 Å². The van der Waals surface area contributed by atoms with Gasteiger partial charge >= 0.3 is 0 Å². The second-order valence-corrected chi connectivity index (χ2v) is 4.18. The zero-order valence-corrected chi connectivity index (χ0v) is 9.87. The van der Waals surface area contributed by atoms with Crippen LogP contribution in [0.4, 0.5) is 0 Å². The number of fused-ring (bicyclic) bond motifs is 1. The van der Waals surface area contributed by atoms with Crippen molar-refractivity contribution in [2.24, 2.45) is 0 Å². The highest BCUT2D eigenvalue weighted by Crippen LogP contribution is 2.38. The van der Waals surface area contributed by atoms with Crippen molar-refractivity contribution in [2.45, 2.75) is 26.2 Å². The minimum Gasteiger partial charge on any atom is -0.496 e. The average Bonchev–Trinajstić information content (AvgIpc) is 2.27. The summed E-state index contributed by atoms with van der Waals surface area (Å²) in [7, 11) is 1.57. The second-order valence-electron chi connectivity index (χ2n) is 4.18. The molecule has 0 radical (unpaired) electrons. The number of Topliss-reactive ketones (excluding diaryl/α,β-unsaturated/α-hetero) is 1. The normalized spacial score (nSPS) is 18.6. The third-order valence-electron chi connectivity index (χ3n) is 3.05. The van der Waals surface area contributed by atoms with Gasteiger partial charge in [0.15, 0.2) is 5.78 Å². The maximum atomic E-state index is 11.5. The highest BCUT2D eigenvalue weighted by atomic mass is 16.5. The Morgan fingerprint density at radius 2 is 2.25 bits per heavy atom. The van der Waals surface area contributed by atoms with Gasteiger partial charge in [0.1, 0.15) is 11.5 Å². The minimum absolute atomic E-state index is 0.0254. The second kappa shape index (κ2) is 4.16. The molecule has 0 saturated heterocycles. The Morgan fingerprint density at radius 1 is 1.50 bits per heavy atom. The molecular formula is C13H16O3. The summed E-state index contributed by atoms with van der Waals surface area (Å²) >= 11 is 0. The molecule has 1 atom stereocenters. The van der Waals surface area contributed by atoms with Gasteiger partial charge in [-0.3, -0.25) is 4.79 Å². The van der Waals surface area contributed by atoms with E-state index >= 15 is 0 Å². The lowest BCUT2D eigenvalue weighted by molar-refractivity contribution is 0.101. The van der Waals surface area contributed by atoms with Crippen molar-refractivity contribution in [3.05, 3.63) is 23.3 Å². The summed E-state index contributed by atoms with van der Waals surface area (Å²) in [5.41, 5.74) is 1.75. The topological polar surface area (TPSA) is 35.5 Å². The molecule has 1 aromatic rings.